The molecule has 0 aliphatic carbocycles. The zero-order chi connectivity index (χ0) is 21.8. The van der Waals surface area contributed by atoms with E-state index in [1.165, 1.54) is 4.90 Å². The van der Waals surface area contributed by atoms with Crippen LogP contribution >= 0.6 is 11.6 Å². The zero-order valence-electron chi connectivity index (χ0n) is 16.9. The lowest BCUT2D eigenvalue weighted by Crippen LogP contribution is -2.47. The van der Waals surface area contributed by atoms with E-state index in [0.717, 1.165) is 32.4 Å². The first kappa shape index (κ1) is 21.0. The molecule has 0 atom stereocenters. The zero-order valence-corrected chi connectivity index (χ0v) is 17.7. The summed E-state index contributed by atoms with van der Waals surface area (Å²) in [6.45, 7) is 1.26. The Kier molecular flexibility index (Phi) is 6.27. The highest BCUT2D eigenvalue weighted by Crippen LogP contribution is 2.34. The van der Waals surface area contributed by atoms with Crippen molar-refractivity contribution in [2.24, 2.45) is 0 Å². The van der Waals surface area contributed by atoms with Gasteiger partial charge in [-0.1, -0.05) is 17.7 Å². The summed E-state index contributed by atoms with van der Waals surface area (Å²) < 4.78 is 5.50. The van der Waals surface area contributed by atoms with Crippen molar-refractivity contribution in [1.29, 1.82) is 0 Å². The van der Waals surface area contributed by atoms with Crippen LogP contribution in [-0.4, -0.2) is 49.0 Å². The maximum atomic E-state index is 12.7. The summed E-state index contributed by atoms with van der Waals surface area (Å²) in [4.78, 5) is 40.8. The van der Waals surface area contributed by atoms with Gasteiger partial charge in [0.25, 0.3) is 5.91 Å². The molecule has 9 heteroatoms. The van der Waals surface area contributed by atoms with E-state index in [1.807, 2.05) is 0 Å². The van der Waals surface area contributed by atoms with Crippen LogP contribution in [0, 0.1) is 0 Å². The fraction of sp³-hybridized carbons (Fsp3) is 0.318. The molecule has 2 aliphatic heterocycles. The average Bonchev–Trinajstić information content (AvgIpc) is 2.76. The van der Waals surface area contributed by atoms with Crippen LogP contribution < -0.4 is 20.3 Å². The van der Waals surface area contributed by atoms with E-state index in [1.54, 1.807) is 47.4 Å². The van der Waals surface area contributed by atoms with Gasteiger partial charge in [-0.05, 0) is 55.7 Å². The molecule has 2 N–H and O–H groups in total. The summed E-state index contributed by atoms with van der Waals surface area (Å²) in [5.41, 5.74) is 1.48. The monoisotopic (exact) mass is 442 g/mol. The molecule has 2 heterocycles. The third-order valence-electron chi connectivity index (χ3n) is 5.24. The van der Waals surface area contributed by atoms with Gasteiger partial charge in [0.2, 0.25) is 5.91 Å². The Morgan fingerprint density at radius 3 is 2.48 bits per heavy atom. The summed E-state index contributed by atoms with van der Waals surface area (Å²) in [6.07, 6.45) is 3.08. The van der Waals surface area contributed by atoms with E-state index in [0.29, 0.717) is 27.8 Å². The molecular formula is C22H23ClN4O4. The predicted molar refractivity (Wildman–Crippen MR) is 119 cm³/mol. The van der Waals surface area contributed by atoms with Crippen molar-refractivity contribution in [2.45, 2.75) is 19.3 Å². The van der Waals surface area contributed by atoms with Crippen LogP contribution in [0.3, 0.4) is 0 Å². The first-order chi connectivity index (χ1) is 15.0. The van der Waals surface area contributed by atoms with Crippen molar-refractivity contribution < 1.29 is 19.1 Å². The van der Waals surface area contributed by atoms with Crippen LogP contribution in [0.5, 0.6) is 5.75 Å². The molecule has 8 nitrogen and oxygen atoms in total. The van der Waals surface area contributed by atoms with Crippen LogP contribution in [0.1, 0.15) is 19.3 Å². The molecule has 2 aromatic carbocycles. The van der Waals surface area contributed by atoms with Crippen LogP contribution in [-0.2, 0) is 9.59 Å². The number of hydrogen-bond acceptors (Lipinski definition) is 4. The topological polar surface area (TPSA) is 91.0 Å². The fourth-order valence-electron chi connectivity index (χ4n) is 3.69. The average molecular weight is 443 g/mol. The lowest BCUT2D eigenvalue weighted by Gasteiger charge is -2.33. The fourth-order valence-corrected chi connectivity index (χ4v) is 3.88. The Morgan fingerprint density at radius 1 is 1.00 bits per heavy atom. The van der Waals surface area contributed by atoms with Crippen molar-refractivity contribution >= 4 is 46.5 Å². The standard InChI is InChI=1S/C22H23ClN4O4/c23-15-5-4-6-16(11-15)24-22(30)25-17-7-8-19-18(12-17)27(21(29)14-31-19)13-20(28)26-9-2-1-3-10-26/h4-8,11-12H,1-3,9-10,13-14H2,(H2,24,25,30). The number of nitrogens with zero attached hydrogens (tertiary/aromatic N) is 2. The number of ether oxygens (including phenoxy) is 1. The molecule has 0 spiro atoms. The second kappa shape index (κ2) is 9.26. The number of anilines is 3. The molecular weight excluding hydrogens is 420 g/mol. The van der Waals surface area contributed by atoms with Crippen LogP contribution in [0.4, 0.5) is 21.9 Å². The van der Waals surface area contributed by atoms with Gasteiger partial charge in [0.15, 0.2) is 6.61 Å². The van der Waals surface area contributed by atoms with Crippen LogP contribution in [0.25, 0.3) is 0 Å². The van der Waals surface area contributed by atoms with Crippen molar-refractivity contribution in [3.8, 4) is 5.75 Å². The van der Waals surface area contributed by atoms with E-state index in [-0.39, 0.29) is 25.0 Å². The number of nitrogens with one attached hydrogen (secondary N) is 2. The van der Waals surface area contributed by atoms with Gasteiger partial charge in [-0.15, -0.1) is 0 Å². The summed E-state index contributed by atoms with van der Waals surface area (Å²) in [6, 6.07) is 11.3. The minimum atomic E-state index is -0.457. The second-order valence-electron chi connectivity index (χ2n) is 7.48. The summed E-state index contributed by atoms with van der Waals surface area (Å²) in [7, 11) is 0. The Bertz CT molecular complexity index is 1010. The molecule has 4 amide bonds. The van der Waals surface area contributed by atoms with E-state index < -0.39 is 6.03 Å². The number of urea groups is 1. The number of rotatable bonds is 4. The minimum absolute atomic E-state index is 0.0483. The third-order valence-corrected chi connectivity index (χ3v) is 5.48. The van der Waals surface area contributed by atoms with Gasteiger partial charge >= 0.3 is 6.03 Å². The number of amides is 4. The number of benzene rings is 2. The number of halogens is 1. The molecule has 0 unspecified atom stereocenters. The molecule has 2 aliphatic rings. The molecule has 0 radical (unpaired) electrons. The normalized spacial score (nSPS) is 15.7. The van der Waals surface area contributed by atoms with Crippen molar-refractivity contribution in [2.75, 3.05) is 41.8 Å². The smallest absolute Gasteiger partial charge is 0.323 e. The van der Waals surface area contributed by atoms with Gasteiger partial charge < -0.3 is 20.3 Å². The number of hydrogen-bond donors (Lipinski definition) is 2. The number of fused-ring (bicyclic) bond motifs is 1. The maximum Gasteiger partial charge on any atom is 0.323 e. The number of likely N-dealkylation sites (tertiary alicyclic amines) is 1. The first-order valence-electron chi connectivity index (χ1n) is 10.2. The first-order valence-corrected chi connectivity index (χ1v) is 10.6. The third kappa shape index (κ3) is 5.08. The molecule has 1 saturated heterocycles. The number of carbonyl (C=O) groups is 3. The lowest BCUT2D eigenvalue weighted by molar-refractivity contribution is -0.132. The van der Waals surface area contributed by atoms with E-state index in [4.69, 9.17) is 16.3 Å². The van der Waals surface area contributed by atoms with E-state index in [2.05, 4.69) is 10.6 Å². The van der Waals surface area contributed by atoms with E-state index in [9.17, 15) is 14.4 Å². The van der Waals surface area contributed by atoms with E-state index >= 15 is 0 Å². The predicted octanol–water partition coefficient (Wildman–Crippen LogP) is 3.72. The molecule has 162 valence electrons. The highest BCUT2D eigenvalue weighted by atomic mass is 35.5. The quantitative estimate of drug-likeness (QED) is 0.754. The summed E-state index contributed by atoms with van der Waals surface area (Å²) in [5.74, 6) is 0.114. The Hall–Kier alpha value is -3.26. The molecule has 1 fully saturated rings. The lowest BCUT2D eigenvalue weighted by atomic mass is 10.1. The van der Waals surface area contributed by atoms with Gasteiger partial charge in [-0.3, -0.25) is 14.5 Å². The summed E-state index contributed by atoms with van der Waals surface area (Å²) >= 11 is 5.94. The van der Waals surface area contributed by atoms with Gasteiger partial charge in [-0.2, -0.15) is 0 Å². The highest BCUT2D eigenvalue weighted by molar-refractivity contribution is 6.30. The molecule has 31 heavy (non-hydrogen) atoms. The van der Waals surface area contributed by atoms with Gasteiger partial charge in [-0.25, -0.2) is 4.79 Å². The van der Waals surface area contributed by atoms with Crippen molar-refractivity contribution in [3.63, 3.8) is 0 Å². The molecule has 0 aromatic heterocycles. The SMILES string of the molecule is O=C(Nc1cccc(Cl)c1)Nc1ccc2c(c1)N(CC(=O)N1CCCCC1)C(=O)CO2. The molecule has 2 aromatic rings. The van der Waals surface area contributed by atoms with Crippen molar-refractivity contribution in [1.82, 2.24) is 4.90 Å². The summed E-state index contributed by atoms with van der Waals surface area (Å²) in [5, 5.41) is 5.94. The molecule has 4 rings (SSSR count). The Labute approximate surface area is 185 Å². The second-order valence-corrected chi connectivity index (χ2v) is 7.92. The maximum absolute atomic E-state index is 12.7. The van der Waals surface area contributed by atoms with Crippen LogP contribution in [0.15, 0.2) is 42.5 Å². The Balaban J connectivity index is 1.48. The number of piperidine rings is 1. The Morgan fingerprint density at radius 2 is 1.74 bits per heavy atom. The highest BCUT2D eigenvalue weighted by Gasteiger charge is 2.29. The van der Waals surface area contributed by atoms with Crippen molar-refractivity contribution in [3.05, 3.63) is 47.5 Å². The van der Waals surface area contributed by atoms with Gasteiger partial charge in [0, 0.05) is 29.5 Å². The van der Waals surface area contributed by atoms with Crippen LogP contribution in [0.2, 0.25) is 5.02 Å². The molecule has 0 bridgehead atoms. The number of carbonyl (C=O) groups excluding carboxylic acids is 3. The molecule has 0 saturated carbocycles. The minimum Gasteiger partial charge on any atom is -0.482 e. The largest absolute Gasteiger partial charge is 0.482 e. The van der Waals surface area contributed by atoms with Gasteiger partial charge in [0.05, 0.1) is 5.69 Å². The van der Waals surface area contributed by atoms with Gasteiger partial charge in [0.1, 0.15) is 12.3 Å².